The van der Waals surface area contributed by atoms with E-state index in [0.717, 1.165) is 44.4 Å². The lowest BCUT2D eigenvalue weighted by molar-refractivity contribution is -0.252. The fraction of sp³-hybridized carbons (Fsp3) is 0.308. The predicted octanol–water partition coefficient (Wildman–Crippen LogP) is 6.61. The van der Waals surface area contributed by atoms with Crippen LogP contribution in [0.3, 0.4) is 0 Å². The fourth-order valence-electron chi connectivity index (χ4n) is 6.93. The molecule has 5 aromatic rings. The van der Waals surface area contributed by atoms with Crippen LogP contribution in [-0.4, -0.2) is 56.2 Å². The number of imidazole rings is 1. The number of aromatic nitrogens is 2. The number of halogens is 3. The summed E-state index contributed by atoms with van der Waals surface area (Å²) in [7, 11) is 0. The van der Waals surface area contributed by atoms with E-state index in [-0.39, 0.29) is 38.3 Å². The number of para-hydroxylation sites is 2. The van der Waals surface area contributed by atoms with Crippen molar-refractivity contribution in [2.45, 2.75) is 69.7 Å². The molecule has 2 fully saturated rings. The van der Waals surface area contributed by atoms with E-state index < -0.39 is 30.3 Å². The highest BCUT2D eigenvalue weighted by Crippen LogP contribution is 2.39. The number of alkyl halides is 3. The number of rotatable bonds is 9. The van der Waals surface area contributed by atoms with Crippen LogP contribution in [0.15, 0.2) is 103 Å². The number of fused-ring (bicyclic) bond motifs is 1. The first-order valence-electron chi connectivity index (χ1n) is 16.9. The molecule has 51 heavy (non-hydrogen) atoms. The van der Waals surface area contributed by atoms with Crippen LogP contribution in [0, 0.1) is 0 Å². The number of likely N-dealkylation sites (tertiary alicyclic amines) is 1. The first-order valence-corrected chi connectivity index (χ1v) is 16.9. The van der Waals surface area contributed by atoms with Gasteiger partial charge in [-0.15, -0.1) is 0 Å². The van der Waals surface area contributed by atoms with Crippen LogP contribution in [-0.2, 0) is 38.8 Å². The number of nitrogens with one attached hydrogen (secondary N) is 1. The van der Waals surface area contributed by atoms with Crippen molar-refractivity contribution in [3.8, 4) is 11.1 Å². The molecule has 2 amide bonds. The molecule has 4 atom stereocenters. The van der Waals surface area contributed by atoms with Crippen LogP contribution in [0.5, 0.6) is 0 Å². The lowest BCUT2D eigenvalue weighted by atomic mass is 9.97. The highest BCUT2D eigenvalue weighted by atomic mass is 19.4. The zero-order valence-electron chi connectivity index (χ0n) is 27.6. The van der Waals surface area contributed by atoms with E-state index in [1.54, 1.807) is 0 Å². The van der Waals surface area contributed by atoms with Crippen molar-refractivity contribution in [3.05, 3.63) is 126 Å². The summed E-state index contributed by atoms with van der Waals surface area (Å²) in [5.74, 6) is -2.60. The number of ether oxygens (including phenoxy) is 2. The molecule has 0 unspecified atom stereocenters. The quantitative estimate of drug-likeness (QED) is 0.180. The maximum Gasteiger partial charge on any atom is 0.471 e. The molecule has 12 heteroatoms. The van der Waals surface area contributed by atoms with Crippen LogP contribution < -0.4 is 5.32 Å². The van der Waals surface area contributed by atoms with Crippen LogP contribution in [0.25, 0.3) is 22.2 Å². The minimum Gasteiger partial charge on any atom is -0.392 e. The van der Waals surface area contributed by atoms with Crippen molar-refractivity contribution in [1.82, 2.24) is 19.8 Å². The first kappa shape index (κ1) is 34.4. The highest BCUT2D eigenvalue weighted by molar-refractivity contribution is 5.90. The monoisotopic (exact) mass is 698 g/mol. The third kappa shape index (κ3) is 7.53. The number of amides is 2. The maximum atomic E-state index is 13.1. The van der Waals surface area contributed by atoms with Gasteiger partial charge in [0.05, 0.1) is 42.7 Å². The van der Waals surface area contributed by atoms with E-state index >= 15 is 0 Å². The summed E-state index contributed by atoms with van der Waals surface area (Å²) in [6.45, 7) is 0.507. The molecule has 3 heterocycles. The zero-order chi connectivity index (χ0) is 35.5. The molecule has 264 valence electrons. The standard InChI is InChI=1S/C39H37F3N4O5/c40-39(41,42)38(49)46-19-5-10-34(46)36(48)43-21-29-6-1-2-7-31(29)26-15-17-28(18-16-26)37-50-30(22-45-24-44-32-8-3-4-9-33(32)45)20-35(51-37)27-13-11-25(23-47)12-14-27/h1-4,6-9,11-18,24,30,34-35,37,47H,5,10,19-23H2,(H,43,48)/t30-,34-,35+,37+/m0/s1. The number of hydrogen-bond acceptors (Lipinski definition) is 6. The Morgan fingerprint density at radius 1 is 0.902 bits per heavy atom. The van der Waals surface area contributed by atoms with Crippen molar-refractivity contribution < 1.29 is 37.3 Å². The molecule has 0 spiro atoms. The van der Waals surface area contributed by atoms with Gasteiger partial charge < -0.3 is 29.4 Å². The second kappa shape index (κ2) is 14.7. The van der Waals surface area contributed by atoms with Gasteiger partial charge in [0.25, 0.3) is 0 Å². The molecule has 2 saturated heterocycles. The molecule has 7 rings (SSSR count). The van der Waals surface area contributed by atoms with Gasteiger partial charge in [-0.2, -0.15) is 13.2 Å². The van der Waals surface area contributed by atoms with Crippen LogP contribution in [0.4, 0.5) is 13.2 Å². The molecule has 2 aliphatic rings. The molecule has 0 saturated carbocycles. The molecule has 0 aliphatic carbocycles. The van der Waals surface area contributed by atoms with Gasteiger partial charge in [0.1, 0.15) is 6.04 Å². The molecular formula is C39H37F3N4O5. The van der Waals surface area contributed by atoms with Gasteiger partial charge in [-0.3, -0.25) is 9.59 Å². The third-order valence-electron chi connectivity index (χ3n) is 9.57. The average molecular weight is 699 g/mol. The number of hydrogen-bond donors (Lipinski definition) is 2. The van der Waals surface area contributed by atoms with Gasteiger partial charge in [-0.1, -0.05) is 84.9 Å². The van der Waals surface area contributed by atoms with E-state index in [2.05, 4.69) is 14.9 Å². The lowest BCUT2D eigenvalue weighted by Gasteiger charge is -2.36. The topological polar surface area (TPSA) is 106 Å². The second-order valence-electron chi connectivity index (χ2n) is 12.9. The van der Waals surface area contributed by atoms with Gasteiger partial charge >= 0.3 is 12.1 Å². The van der Waals surface area contributed by atoms with Crippen LogP contribution >= 0.6 is 0 Å². The third-order valence-corrected chi connectivity index (χ3v) is 9.57. The predicted molar refractivity (Wildman–Crippen MR) is 183 cm³/mol. The van der Waals surface area contributed by atoms with Crippen LogP contribution in [0.2, 0.25) is 0 Å². The molecule has 1 aromatic heterocycles. The lowest BCUT2D eigenvalue weighted by Crippen LogP contribution is -2.50. The molecule has 0 radical (unpaired) electrons. The van der Waals surface area contributed by atoms with E-state index in [1.165, 1.54) is 0 Å². The van der Waals surface area contributed by atoms with Gasteiger partial charge in [-0.25, -0.2) is 4.98 Å². The van der Waals surface area contributed by atoms with E-state index in [1.807, 2.05) is 103 Å². The average Bonchev–Trinajstić information content (AvgIpc) is 3.81. The number of nitrogens with zero attached hydrogens (tertiary/aromatic N) is 3. The summed E-state index contributed by atoms with van der Waals surface area (Å²) in [6.07, 6.45) is -3.22. The summed E-state index contributed by atoms with van der Waals surface area (Å²) in [5.41, 5.74) is 7.02. The van der Waals surface area contributed by atoms with Crippen molar-refractivity contribution in [3.63, 3.8) is 0 Å². The molecular weight excluding hydrogens is 661 g/mol. The Balaban J connectivity index is 1.08. The van der Waals surface area contributed by atoms with E-state index in [9.17, 15) is 27.9 Å². The Morgan fingerprint density at radius 3 is 2.39 bits per heavy atom. The molecule has 9 nitrogen and oxygen atoms in total. The van der Waals surface area contributed by atoms with Crippen LogP contribution in [0.1, 0.15) is 53.9 Å². The Hall–Kier alpha value is -5.04. The molecule has 0 bridgehead atoms. The van der Waals surface area contributed by atoms with Gasteiger partial charge in [-0.05, 0) is 52.8 Å². The Labute approximate surface area is 292 Å². The van der Waals surface area contributed by atoms with Crippen molar-refractivity contribution in [2.75, 3.05) is 6.54 Å². The first-order chi connectivity index (χ1) is 24.7. The number of benzene rings is 4. The minimum absolute atomic E-state index is 0.0438. The number of carbonyl (C=O) groups excluding carboxylic acids is 2. The fourth-order valence-corrected chi connectivity index (χ4v) is 6.93. The summed E-state index contributed by atoms with van der Waals surface area (Å²) < 4.78 is 54.5. The van der Waals surface area contributed by atoms with E-state index in [0.29, 0.717) is 24.3 Å². The van der Waals surface area contributed by atoms with Gasteiger partial charge in [0.15, 0.2) is 6.29 Å². The maximum absolute atomic E-state index is 13.1. The largest absolute Gasteiger partial charge is 0.471 e. The van der Waals surface area contributed by atoms with E-state index in [4.69, 9.17) is 9.47 Å². The smallest absolute Gasteiger partial charge is 0.392 e. The Bertz CT molecular complexity index is 2000. The van der Waals surface area contributed by atoms with Gasteiger partial charge in [0, 0.05) is 25.1 Å². The summed E-state index contributed by atoms with van der Waals surface area (Å²) >= 11 is 0. The number of carbonyl (C=O) groups is 2. The summed E-state index contributed by atoms with van der Waals surface area (Å²) in [4.78, 5) is 30.0. The molecule has 4 aromatic carbocycles. The van der Waals surface area contributed by atoms with Crippen molar-refractivity contribution >= 4 is 22.8 Å². The molecule has 2 N–H and O–H groups in total. The summed E-state index contributed by atoms with van der Waals surface area (Å²) in [6, 6.07) is 29.8. The van der Waals surface area contributed by atoms with Crippen molar-refractivity contribution in [2.24, 2.45) is 0 Å². The SMILES string of the molecule is O=C(NCc1ccccc1-c1ccc([C@@H]2O[C@H](Cn3cnc4ccccc43)C[C@H](c3ccc(CO)cc3)O2)cc1)[C@@H]1CCCN1C(=O)C(F)(F)F. The normalized spacial score (nSPS) is 20.8. The highest BCUT2D eigenvalue weighted by Gasteiger charge is 2.47. The van der Waals surface area contributed by atoms with Gasteiger partial charge in [0.2, 0.25) is 5.91 Å². The minimum atomic E-state index is -5.03. The number of aliphatic hydroxyl groups is 1. The number of aliphatic hydroxyl groups excluding tert-OH is 1. The Morgan fingerprint density at radius 2 is 1.63 bits per heavy atom. The molecule has 2 aliphatic heterocycles. The summed E-state index contributed by atoms with van der Waals surface area (Å²) in [5, 5.41) is 12.3. The van der Waals surface area contributed by atoms with Crippen molar-refractivity contribution in [1.29, 1.82) is 0 Å². The Kier molecular flexibility index (Phi) is 9.90. The second-order valence-corrected chi connectivity index (χ2v) is 12.9. The zero-order valence-corrected chi connectivity index (χ0v) is 27.6.